The van der Waals surface area contributed by atoms with Crippen molar-refractivity contribution < 1.29 is 32.3 Å². The van der Waals surface area contributed by atoms with Crippen molar-refractivity contribution >= 4 is 23.8 Å². The molecule has 1 saturated heterocycles. The fraction of sp³-hybridized carbons (Fsp3) is 0.600. The smallest absolute Gasteiger partial charge is 0.329 e. The van der Waals surface area contributed by atoms with Gasteiger partial charge in [-0.3, -0.25) is 19.3 Å². The zero-order valence-corrected chi connectivity index (χ0v) is 13.6. The Morgan fingerprint density at radius 2 is 1.84 bits per heavy atom. The summed E-state index contributed by atoms with van der Waals surface area (Å²) in [5.74, 6) is -3.41. The highest BCUT2D eigenvalue weighted by molar-refractivity contribution is 6.45. The van der Waals surface area contributed by atoms with Crippen LogP contribution in [0.1, 0.15) is 19.8 Å². The van der Waals surface area contributed by atoms with Gasteiger partial charge in [-0.25, -0.2) is 9.69 Å². The van der Waals surface area contributed by atoms with E-state index in [1.807, 2.05) is 0 Å². The fourth-order valence-corrected chi connectivity index (χ4v) is 2.69. The van der Waals surface area contributed by atoms with Gasteiger partial charge in [0.15, 0.2) is 0 Å². The van der Waals surface area contributed by atoms with Gasteiger partial charge in [0, 0.05) is 12.6 Å². The number of nitrogens with zero attached hydrogens (tertiary/aromatic N) is 3. The number of alkyl halides is 3. The molecule has 0 unspecified atom stereocenters. The molecule has 0 radical (unpaired) electrons. The van der Waals surface area contributed by atoms with Crippen LogP contribution < -0.4 is 0 Å². The van der Waals surface area contributed by atoms with E-state index in [1.54, 1.807) is 0 Å². The monoisotopic (exact) mass is 361 g/mol. The largest absolute Gasteiger partial charge is 0.406 e. The van der Waals surface area contributed by atoms with E-state index < -0.39 is 49.1 Å². The minimum Gasteiger partial charge on any atom is -0.329 e. The van der Waals surface area contributed by atoms with Gasteiger partial charge in [-0.2, -0.15) is 13.2 Å². The summed E-state index contributed by atoms with van der Waals surface area (Å²) in [4.78, 5) is 49.5. The highest BCUT2D eigenvalue weighted by atomic mass is 19.4. The summed E-state index contributed by atoms with van der Waals surface area (Å²) in [6.07, 6.45) is -1.95. The Bertz CT molecular complexity index is 616. The summed E-state index contributed by atoms with van der Waals surface area (Å²) >= 11 is 0. The van der Waals surface area contributed by atoms with Crippen molar-refractivity contribution in [2.24, 2.45) is 5.92 Å². The van der Waals surface area contributed by atoms with Crippen molar-refractivity contribution in [3.05, 3.63) is 12.7 Å². The highest BCUT2D eigenvalue weighted by Crippen LogP contribution is 2.36. The first-order valence-corrected chi connectivity index (χ1v) is 7.71. The first kappa shape index (κ1) is 18.9. The van der Waals surface area contributed by atoms with Crippen molar-refractivity contribution in [3.8, 4) is 0 Å². The first-order valence-electron chi connectivity index (χ1n) is 7.71. The van der Waals surface area contributed by atoms with Crippen LogP contribution in [0.25, 0.3) is 0 Å². The number of imide groups is 2. The van der Waals surface area contributed by atoms with Gasteiger partial charge in [0.25, 0.3) is 0 Å². The Kier molecular flexibility index (Phi) is 5.19. The van der Waals surface area contributed by atoms with Crippen LogP contribution in [0.15, 0.2) is 12.7 Å². The molecule has 1 heterocycles. The Labute approximate surface area is 142 Å². The van der Waals surface area contributed by atoms with Gasteiger partial charge in [-0.1, -0.05) is 6.08 Å². The molecule has 2 fully saturated rings. The minimum absolute atomic E-state index is 0.0322. The van der Waals surface area contributed by atoms with Crippen molar-refractivity contribution in [2.75, 3.05) is 19.6 Å². The van der Waals surface area contributed by atoms with Crippen LogP contribution in [0.3, 0.4) is 0 Å². The summed E-state index contributed by atoms with van der Waals surface area (Å²) in [5, 5.41) is 0. The second-order valence-corrected chi connectivity index (χ2v) is 6.09. The van der Waals surface area contributed by atoms with E-state index in [4.69, 9.17) is 0 Å². The molecule has 5 amide bonds. The number of carbonyl (C=O) groups is 4. The predicted molar refractivity (Wildman–Crippen MR) is 79.0 cm³/mol. The normalized spacial score (nSPS) is 19.4. The van der Waals surface area contributed by atoms with Gasteiger partial charge >= 0.3 is 24.0 Å². The molecule has 0 bridgehead atoms. The van der Waals surface area contributed by atoms with E-state index in [1.165, 1.54) is 13.0 Å². The molecule has 2 aliphatic rings. The lowest BCUT2D eigenvalue weighted by Gasteiger charge is -2.31. The van der Waals surface area contributed by atoms with Crippen LogP contribution in [-0.2, 0) is 14.4 Å². The lowest BCUT2D eigenvalue weighted by molar-refractivity contribution is -0.166. The molecule has 0 aromatic heterocycles. The van der Waals surface area contributed by atoms with Gasteiger partial charge in [0.05, 0.1) is 0 Å². The Balaban J connectivity index is 2.14. The highest BCUT2D eigenvalue weighted by Gasteiger charge is 2.47. The second-order valence-electron chi connectivity index (χ2n) is 6.09. The summed E-state index contributed by atoms with van der Waals surface area (Å²) in [6, 6.07) is -1.70. The average Bonchev–Trinajstić information content (AvgIpc) is 3.33. The van der Waals surface area contributed by atoms with Gasteiger partial charge < -0.3 is 4.90 Å². The molecule has 0 spiro atoms. The van der Waals surface area contributed by atoms with E-state index in [0.717, 1.165) is 12.8 Å². The van der Waals surface area contributed by atoms with Crippen LogP contribution in [-0.4, -0.2) is 70.3 Å². The number of urea groups is 1. The third-order valence-corrected chi connectivity index (χ3v) is 4.21. The molecule has 10 heteroatoms. The third-order valence-electron chi connectivity index (χ3n) is 4.21. The maximum atomic E-state index is 12.8. The molecule has 1 aliphatic heterocycles. The average molecular weight is 361 g/mol. The molecule has 1 saturated carbocycles. The maximum Gasteiger partial charge on any atom is 0.406 e. The van der Waals surface area contributed by atoms with Crippen molar-refractivity contribution in [1.82, 2.24) is 14.7 Å². The number of rotatable bonds is 7. The second kappa shape index (κ2) is 6.85. The lowest BCUT2D eigenvalue weighted by atomic mass is 10.1. The van der Waals surface area contributed by atoms with Crippen LogP contribution in [0.4, 0.5) is 18.0 Å². The molecular weight excluding hydrogens is 343 g/mol. The van der Waals surface area contributed by atoms with Crippen molar-refractivity contribution in [3.63, 3.8) is 0 Å². The van der Waals surface area contributed by atoms with Crippen LogP contribution in [0.2, 0.25) is 0 Å². The van der Waals surface area contributed by atoms with E-state index in [-0.39, 0.29) is 12.5 Å². The number of hydrogen-bond donors (Lipinski definition) is 0. The van der Waals surface area contributed by atoms with Crippen molar-refractivity contribution in [2.45, 2.75) is 32.0 Å². The third kappa shape index (κ3) is 4.18. The minimum atomic E-state index is -4.61. The van der Waals surface area contributed by atoms with Crippen LogP contribution >= 0.6 is 0 Å². The molecule has 0 aromatic carbocycles. The predicted octanol–water partition coefficient (Wildman–Crippen LogP) is 1.15. The summed E-state index contributed by atoms with van der Waals surface area (Å²) in [5.41, 5.74) is 0. The number of amides is 5. The Morgan fingerprint density at radius 1 is 1.28 bits per heavy atom. The lowest BCUT2D eigenvalue weighted by Crippen LogP contribution is -2.50. The molecule has 7 nitrogen and oxygen atoms in total. The molecule has 0 N–H and O–H groups in total. The summed E-state index contributed by atoms with van der Waals surface area (Å²) < 4.78 is 38.4. The summed E-state index contributed by atoms with van der Waals surface area (Å²) in [7, 11) is 0. The first-order chi connectivity index (χ1) is 11.6. The fourth-order valence-electron chi connectivity index (χ4n) is 2.69. The Morgan fingerprint density at radius 3 is 2.32 bits per heavy atom. The number of hydrogen-bond acceptors (Lipinski definition) is 4. The molecule has 1 atom stereocenters. The van der Waals surface area contributed by atoms with Gasteiger partial charge in [0.1, 0.15) is 13.1 Å². The topological polar surface area (TPSA) is 78.0 Å². The zero-order chi connectivity index (χ0) is 18.9. The van der Waals surface area contributed by atoms with E-state index >= 15 is 0 Å². The molecule has 138 valence electrons. The number of carbonyl (C=O) groups excluding carboxylic acids is 4. The van der Waals surface area contributed by atoms with Gasteiger partial charge in [0.2, 0.25) is 5.91 Å². The molecule has 1 aliphatic carbocycles. The maximum absolute atomic E-state index is 12.8. The van der Waals surface area contributed by atoms with Crippen molar-refractivity contribution in [1.29, 1.82) is 0 Å². The quantitative estimate of drug-likeness (QED) is 0.387. The van der Waals surface area contributed by atoms with Gasteiger partial charge in [-0.05, 0) is 25.7 Å². The summed E-state index contributed by atoms with van der Waals surface area (Å²) in [6.45, 7) is 2.26. The Hall–Kier alpha value is -2.39. The standard InChI is InChI=1S/C15H18F3N3O4/c1-3-6-19-12(23)13(24)20(14(19)25)7-11(22)21(8-15(16,17)18)9(2)10-4-5-10/h3,9-10H,1,4-8H2,2H3/t9-/m0/s1. The zero-order valence-electron chi connectivity index (χ0n) is 13.6. The molecule has 25 heavy (non-hydrogen) atoms. The molecule has 0 aromatic rings. The van der Waals surface area contributed by atoms with E-state index in [2.05, 4.69) is 6.58 Å². The molecule has 2 rings (SSSR count). The molecular formula is C15H18F3N3O4. The van der Waals surface area contributed by atoms with E-state index in [9.17, 15) is 32.3 Å². The van der Waals surface area contributed by atoms with E-state index in [0.29, 0.717) is 14.7 Å². The van der Waals surface area contributed by atoms with Crippen LogP contribution in [0.5, 0.6) is 0 Å². The number of halogens is 3. The SMILES string of the molecule is C=CCN1C(=O)C(=O)N(CC(=O)N(CC(F)(F)F)[C@@H](C)C2CC2)C1=O. The van der Waals surface area contributed by atoms with Gasteiger partial charge in [-0.15, -0.1) is 6.58 Å². The van der Waals surface area contributed by atoms with Crippen LogP contribution in [0, 0.1) is 5.92 Å².